The van der Waals surface area contributed by atoms with E-state index < -0.39 is 0 Å². The van der Waals surface area contributed by atoms with Gasteiger partial charge in [-0.3, -0.25) is 10.1 Å². The van der Waals surface area contributed by atoms with E-state index in [-0.39, 0.29) is 16.7 Å². The monoisotopic (exact) mass is 334 g/mol. The van der Waals surface area contributed by atoms with Crippen LogP contribution in [0.2, 0.25) is 0 Å². The van der Waals surface area contributed by atoms with Gasteiger partial charge < -0.3 is 5.32 Å². The lowest BCUT2D eigenvalue weighted by molar-refractivity contribution is -0.384. The number of hydrogen-bond acceptors (Lipinski definition) is 3. The molecule has 0 aromatic heterocycles. The third-order valence-electron chi connectivity index (χ3n) is 3.10. The highest BCUT2D eigenvalue weighted by molar-refractivity contribution is 9.10. The molecule has 0 fully saturated rings. The molecule has 0 radical (unpaired) electrons. The summed E-state index contributed by atoms with van der Waals surface area (Å²) >= 11 is 3.42. The van der Waals surface area contributed by atoms with Crippen molar-refractivity contribution >= 4 is 27.3 Å². The second kappa shape index (κ2) is 6.52. The number of benzene rings is 2. The molecular weight excluding hydrogens is 320 g/mol. The summed E-state index contributed by atoms with van der Waals surface area (Å²) in [5.41, 5.74) is 1.97. The number of nitro groups is 1. The van der Waals surface area contributed by atoms with Gasteiger partial charge in [0.25, 0.3) is 5.69 Å². The highest BCUT2D eigenvalue weighted by Gasteiger charge is 2.14. The summed E-state index contributed by atoms with van der Waals surface area (Å²) in [4.78, 5) is 10.5. The number of halogens is 1. The van der Waals surface area contributed by atoms with Crippen molar-refractivity contribution in [3.05, 3.63) is 68.7 Å². The maximum atomic E-state index is 10.9. The van der Waals surface area contributed by atoms with Crippen LogP contribution < -0.4 is 5.32 Å². The van der Waals surface area contributed by atoms with Crippen LogP contribution in [-0.2, 0) is 0 Å². The second-order valence-corrected chi connectivity index (χ2v) is 5.29. The third-order valence-corrected chi connectivity index (χ3v) is 3.79. The van der Waals surface area contributed by atoms with Crippen molar-refractivity contribution in [2.45, 2.75) is 19.4 Å². The fourth-order valence-corrected chi connectivity index (χ4v) is 2.39. The first-order chi connectivity index (χ1) is 9.61. The Morgan fingerprint density at radius 1 is 1.25 bits per heavy atom. The van der Waals surface area contributed by atoms with Gasteiger partial charge in [-0.15, -0.1) is 0 Å². The van der Waals surface area contributed by atoms with Gasteiger partial charge in [0.2, 0.25) is 0 Å². The van der Waals surface area contributed by atoms with Gasteiger partial charge in [-0.05, 0) is 34.0 Å². The van der Waals surface area contributed by atoms with Crippen molar-refractivity contribution < 1.29 is 4.92 Å². The van der Waals surface area contributed by atoms with Crippen LogP contribution in [0.1, 0.15) is 24.9 Å². The number of non-ortho nitro benzene ring substituents is 1. The van der Waals surface area contributed by atoms with Gasteiger partial charge in [-0.25, -0.2) is 0 Å². The topological polar surface area (TPSA) is 55.2 Å². The summed E-state index contributed by atoms with van der Waals surface area (Å²) in [6, 6.07) is 14.9. The molecule has 0 aliphatic carbocycles. The molecule has 104 valence electrons. The maximum absolute atomic E-state index is 10.9. The smallest absolute Gasteiger partial charge is 0.271 e. The quantitative estimate of drug-likeness (QED) is 0.623. The minimum Gasteiger partial charge on any atom is -0.377 e. The molecule has 0 saturated carbocycles. The van der Waals surface area contributed by atoms with Crippen molar-refractivity contribution in [2.75, 3.05) is 5.32 Å². The molecule has 0 saturated heterocycles. The van der Waals surface area contributed by atoms with Crippen LogP contribution in [0, 0.1) is 10.1 Å². The molecular formula is C15H15BrN2O2. The lowest BCUT2D eigenvalue weighted by Gasteiger charge is -2.19. The Kier molecular flexibility index (Phi) is 4.74. The number of nitrogens with one attached hydrogen (secondary N) is 1. The van der Waals surface area contributed by atoms with Crippen LogP contribution in [0.25, 0.3) is 0 Å². The van der Waals surface area contributed by atoms with E-state index in [0.29, 0.717) is 0 Å². The zero-order valence-electron chi connectivity index (χ0n) is 11.0. The van der Waals surface area contributed by atoms with Crippen molar-refractivity contribution in [2.24, 2.45) is 0 Å². The average molecular weight is 335 g/mol. The Morgan fingerprint density at radius 3 is 2.55 bits per heavy atom. The minimum absolute atomic E-state index is 0.0821. The summed E-state index contributed by atoms with van der Waals surface area (Å²) in [6.45, 7) is 2.08. The van der Waals surface area contributed by atoms with Gasteiger partial charge in [0.05, 0.1) is 16.7 Å². The second-order valence-electron chi connectivity index (χ2n) is 4.44. The van der Waals surface area contributed by atoms with E-state index in [1.807, 2.05) is 30.3 Å². The molecule has 20 heavy (non-hydrogen) atoms. The fraction of sp³-hybridized carbons (Fsp3) is 0.200. The van der Waals surface area contributed by atoms with Gasteiger partial charge in [0.15, 0.2) is 0 Å². The first-order valence-corrected chi connectivity index (χ1v) is 7.16. The zero-order valence-corrected chi connectivity index (χ0v) is 12.6. The molecule has 1 atom stereocenters. The van der Waals surface area contributed by atoms with E-state index in [4.69, 9.17) is 0 Å². The van der Waals surface area contributed by atoms with E-state index in [9.17, 15) is 10.1 Å². The Bertz CT molecular complexity index is 602. The fourth-order valence-electron chi connectivity index (χ4n) is 2.03. The van der Waals surface area contributed by atoms with E-state index >= 15 is 0 Å². The van der Waals surface area contributed by atoms with Crippen LogP contribution >= 0.6 is 15.9 Å². The average Bonchev–Trinajstić information content (AvgIpc) is 2.47. The first-order valence-electron chi connectivity index (χ1n) is 6.37. The van der Waals surface area contributed by atoms with Crippen molar-refractivity contribution in [3.8, 4) is 0 Å². The molecule has 5 heteroatoms. The summed E-state index contributed by atoms with van der Waals surface area (Å²) < 4.78 is 0.817. The number of rotatable bonds is 5. The molecule has 0 spiro atoms. The van der Waals surface area contributed by atoms with Gasteiger partial charge in [-0.1, -0.05) is 37.3 Å². The van der Waals surface area contributed by atoms with E-state index in [2.05, 4.69) is 28.2 Å². The lowest BCUT2D eigenvalue weighted by atomic mass is 10.0. The standard InChI is InChI=1S/C15H15BrN2O2/c1-2-14(11-6-4-3-5-7-11)17-15-10-12(18(19)20)8-9-13(15)16/h3-10,14,17H,2H2,1H3. The molecule has 0 heterocycles. The summed E-state index contributed by atoms with van der Waals surface area (Å²) in [5, 5.41) is 14.2. The number of anilines is 1. The molecule has 2 aromatic carbocycles. The van der Waals surface area contributed by atoms with Crippen LogP contribution in [0.4, 0.5) is 11.4 Å². The van der Waals surface area contributed by atoms with Crippen LogP contribution in [-0.4, -0.2) is 4.92 Å². The largest absolute Gasteiger partial charge is 0.377 e. The number of nitrogens with zero attached hydrogens (tertiary/aromatic N) is 1. The molecule has 0 aliphatic rings. The summed E-state index contributed by atoms with van der Waals surface area (Å²) in [6.07, 6.45) is 0.888. The van der Waals surface area contributed by atoms with E-state index in [0.717, 1.165) is 22.1 Å². The maximum Gasteiger partial charge on any atom is 0.271 e. The van der Waals surface area contributed by atoms with Crippen LogP contribution in [0.3, 0.4) is 0 Å². The van der Waals surface area contributed by atoms with Gasteiger partial charge in [0.1, 0.15) is 0 Å². The normalized spacial score (nSPS) is 11.9. The Hall–Kier alpha value is -1.88. The molecule has 2 aromatic rings. The molecule has 0 amide bonds. The highest BCUT2D eigenvalue weighted by Crippen LogP contribution is 2.31. The third kappa shape index (κ3) is 3.36. The van der Waals surface area contributed by atoms with Crippen LogP contribution in [0.5, 0.6) is 0 Å². The van der Waals surface area contributed by atoms with Crippen molar-refractivity contribution in [1.82, 2.24) is 0 Å². The van der Waals surface area contributed by atoms with Gasteiger partial charge in [0, 0.05) is 16.6 Å². The molecule has 0 aliphatic heterocycles. The SMILES string of the molecule is CCC(Nc1cc([N+](=O)[O-])ccc1Br)c1ccccc1. The number of nitro benzene ring substituents is 1. The Balaban J connectivity index is 2.28. The van der Waals surface area contributed by atoms with Gasteiger partial charge >= 0.3 is 0 Å². The number of hydrogen-bond donors (Lipinski definition) is 1. The minimum atomic E-state index is -0.388. The highest BCUT2D eigenvalue weighted by atomic mass is 79.9. The van der Waals surface area contributed by atoms with Crippen molar-refractivity contribution in [1.29, 1.82) is 0 Å². The molecule has 1 N–H and O–H groups in total. The molecule has 0 bridgehead atoms. The van der Waals surface area contributed by atoms with Crippen molar-refractivity contribution in [3.63, 3.8) is 0 Å². The van der Waals surface area contributed by atoms with E-state index in [1.54, 1.807) is 12.1 Å². The van der Waals surface area contributed by atoms with Gasteiger partial charge in [-0.2, -0.15) is 0 Å². The zero-order chi connectivity index (χ0) is 14.5. The molecule has 1 unspecified atom stereocenters. The van der Waals surface area contributed by atoms with E-state index in [1.165, 1.54) is 6.07 Å². The summed E-state index contributed by atoms with van der Waals surface area (Å²) in [5.74, 6) is 0. The molecule has 2 rings (SSSR count). The predicted octanol–water partition coefficient (Wildman–Crippen LogP) is 4.92. The van der Waals surface area contributed by atoms with Crippen LogP contribution in [0.15, 0.2) is 53.0 Å². The lowest BCUT2D eigenvalue weighted by Crippen LogP contribution is -2.10. The first kappa shape index (κ1) is 14.5. The summed E-state index contributed by atoms with van der Waals surface area (Å²) in [7, 11) is 0. The molecule has 4 nitrogen and oxygen atoms in total. The Labute approximate surface area is 126 Å². The Morgan fingerprint density at radius 2 is 1.95 bits per heavy atom. The predicted molar refractivity (Wildman–Crippen MR) is 83.9 cm³/mol.